The molecule has 5 rings (SSSR count). The number of ether oxygens (including phenoxy) is 1. The van der Waals surface area contributed by atoms with Gasteiger partial charge in [-0.05, 0) is 18.1 Å². The molecule has 6 nitrogen and oxygen atoms in total. The number of benzene rings is 2. The highest BCUT2D eigenvalue weighted by Crippen LogP contribution is 2.46. The zero-order chi connectivity index (χ0) is 22.8. The van der Waals surface area contributed by atoms with Crippen LogP contribution in [0.15, 0.2) is 67.1 Å². The van der Waals surface area contributed by atoms with Crippen LogP contribution >= 0.6 is 11.3 Å². The zero-order valence-electron chi connectivity index (χ0n) is 18.9. The van der Waals surface area contributed by atoms with Crippen molar-refractivity contribution in [1.29, 1.82) is 0 Å². The number of thiophene rings is 1. The molecule has 3 heterocycles. The van der Waals surface area contributed by atoms with Gasteiger partial charge in [0, 0.05) is 37.3 Å². The van der Waals surface area contributed by atoms with Crippen molar-refractivity contribution < 1.29 is 4.74 Å². The summed E-state index contributed by atoms with van der Waals surface area (Å²) < 4.78 is 7.18. The largest absolute Gasteiger partial charge is 0.383 e. The highest BCUT2D eigenvalue weighted by molar-refractivity contribution is 7.22. The molecule has 7 heteroatoms. The molecule has 0 saturated heterocycles. The van der Waals surface area contributed by atoms with Crippen LogP contribution in [0.25, 0.3) is 43.3 Å². The summed E-state index contributed by atoms with van der Waals surface area (Å²) in [6.07, 6.45) is 3.70. The molecule has 2 aromatic carbocycles. The van der Waals surface area contributed by atoms with Gasteiger partial charge < -0.3 is 14.6 Å². The Labute approximate surface area is 196 Å². The third-order valence-corrected chi connectivity index (χ3v) is 6.59. The predicted octanol–water partition coefficient (Wildman–Crippen LogP) is 5.79. The second kappa shape index (κ2) is 9.13. The topological polar surface area (TPSA) is 64.9 Å². The van der Waals surface area contributed by atoms with E-state index in [-0.39, 0.29) is 0 Å². The summed E-state index contributed by atoms with van der Waals surface area (Å²) in [4.78, 5) is 16.5. The van der Waals surface area contributed by atoms with Crippen molar-refractivity contribution in [3.8, 4) is 33.1 Å². The number of aromatic nitrogens is 4. The van der Waals surface area contributed by atoms with Gasteiger partial charge in [-0.2, -0.15) is 0 Å². The summed E-state index contributed by atoms with van der Waals surface area (Å²) in [5.41, 5.74) is 5.45. The molecule has 0 amide bonds. The molecule has 33 heavy (non-hydrogen) atoms. The Hall–Kier alpha value is -3.55. The molecule has 1 N–H and O–H groups in total. The van der Waals surface area contributed by atoms with Crippen LogP contribution < -0.4 is 5.32 Å². The molecule has 0 aliphatic rings. The first-order valence-electron chi connectivity index (χ1n) is 10.8. The first kappa shape index (κ1) is 21.3. The second-order valence-electron chi connectivity index (χ2n) is 7.96. The van der Waals surface area contributed by atoms with Gasteiger partial charge in [0.2, 0.25) is 0 Å². The van der Waals surface area contributed by atoms with Crippen LogP contribution in [-0.4, -0.2) is 39.8 Å². The van der Waals surface area contributed by atoms with Crippen LogP contribution in [0.4, 0.5) is 5.82 Å². The van der Waals surface area contributed by atoms with Crippen molar-refractivity contribution >= 4 is 27.4 Å². The number of nitrogens with zero attached hydrogens (tertiary/aromatic N) is 4. The summed E-state index contributed by atoms with van der Waals surface area (Å²) >= 11 is 1.69. The minimum atomic E-state index is 0.583. The fourth-order valence-corrected chi connectivity index (χ4v) is 5.03. The van der Waals surface area contributed by atoms with E-state index in [1.165, 1.54) is 16.0 Å². The van der Waals surface area contributed by atoms with E-state index in [4.69, 9.17) is 14.7 Å². The first-order chi connectivity index (χ1) is 16.1. The number of methoxy groups -OCH3 is 1. The van der Waals surface area contributed by atoms with Crippen LogP contribution in [-0.2, 0) is 11.8 Å². The van der Waals surface area contributed by atoms with E-state index in [0.717, 1.165) is 32.9 Å². The number of fused-ring (bicyclic) bond motifs is 1. The second-order valence-corrected chi connectivity index (χ2v) is 8.96. The fourth-order valence-electron chi connectivity index (χ4n) is 3.83. The van der Waals surface area contributed by atoms with Crippen molar-refractivity contribution in [3.63, 3.8) is 0 Å². The Morgan fingerprint density at radius 2 is 1.79 bits per heavy atom. The van der Waals surface area contributed by atoms with Crippen LogP contribution in [0.5, 0.6) is 0 Å². The SMILES string of the molecule is COCCNc1nc(-c2cn(C)cn2)nc2sc(-c3ccc(C)cc3)c(-c3ccccc3)c12. The van der Waals surface area contributed by atoms with Gasteiger partial charge in [-0.25, -0.2) is 15.0 Å². The molecule has 0 spiro atoms. The van der Waals surface area contributed by atoms with Gasteiger partial charge in [0.1, 0.15) is 16.3 Å². The fraction of sp³-hybridized carbons (Fsp3) is 0.192. The summed E-state index contributed by atoms with van der Waals surface area (Å²) in [6.45, 7) is 3.34. The smallest absolute Gasteiger partial charge is 0.183 e. The highest BCUT2D eigenvalue weighted by Gasteiger charge is 2.22. The third-order valence-electron chi connectivity index (χ3n) is 5.46. The molecule has 0 bridgehead atoms. The van der Waals surface area contributed by atoms with Gasteiger partial charge in [-0.1, -0.05) is 60.2 Å². The molecule has 0 aliphatic heterocycles. The Balaban J connectivity index is 1.79. The summed E-state index contributed by atoms with van der Waals surface area (Å²) in [5, 5.41) is 4.51. The van der Waals surface area contributed by atoms with E-state index in [1.807, 2.05) is 23.9 Å². The van der Waals surface area contributed by atoms with Gasteiger partial charge in [0.05, 0.1) is 18.3 Å². The Morgan fingerprint density at radius 3 is 2.48 bits per heavy atom. The number of hydrogen-bond donors (Lipinski definition) is 1. The standard InChI is InChI=1S/C26H25N5OS/c1-17-9-11-19(12-10-17)23-21(18-7-5-4-6-8-18)22-25(27-13-14-32-3)29-24(30-26(22)33-23)20-15-31(2)16-28-20/h4-12,15-16H,13-14H2,1-3H3,(H,27,29,30). The summed E-state index contributed by atoms with van der Waals surface area (Å²) in [7, 11) is 3.65. The molecule has 0 radical (unpaired) electrons. The van der Waals surface area contributed by atoms with Gasteiger partial charge >= 0.3 is 0 Å². The number of hydrogen-bond acceptors (Lipinski definition) is 6. The van der Waals surface area contributed by atoms with Crippen molar-refractivity contribution in [3.05, 3.63) is 72.7 Å². The lowest BCUT2D eigenvalue weighted by atomic mass is 9.99. The lowest BCUT2D eigenvalue weighted by Crippen LogP contribution is -2.10. The van der Waals surface area contributed by atoms with Crippen molar-refractivity contribution in [2.75, 3.05) is 25.6 Å². The predicted molar refractivity (Wildman–Crippen MR) is 136 cm³/mol. The molecule has 0 atom stereocenters. The molecule has 5 aromatic rings. The van der Waals surface area contributed by atoms with Crippen molar-refractivity contribution in [2.24, 2.45) is 7.05 Å². The molecule has 3 aromatic heterocycles. The average molecular weight is 456 g/mol. The van der Waals surface area contributed by atoms with Crippen LogP contribution in [0, 0.1) is 6.92 Å². The van der Waals surface area contributed by atoms with E-state index >= 15 is 0 Å². The number of nitrogens with one attached hydrogen (secondary N) is 1. The van der Waals surface area contributed by atoms with Gasteiger partial charge in [0.25, 0.3) is 0 Å². The number of rotatable bonds is 7. The molecule has 0 unspecified atom stereocenters. The minimum absolute atomic E-state index is 0.583. The number of anilines is 1. The molecule has 166 valence electrons. The zero-order valence-corrected chi connectivity index (χ0v) is 19.7. The monoisotopic (exact) mass is 455 g/mol. The maximum Gasteiger partial charge on any atom is 0.183 e. The normalized spacial score (nSPS) is 11.2. The first-order valence-corrected chi connectivity index (χ1v) is 11.6. The molecule has 0 fully saturated rings. The lowest BCUT2D eigenvalue weighted by molar-refractivity contribution is 0.210. The van der Waals surface area contributed by atoms with E-state index < -0.39 is 0 Å². The van der Waals surface area contributed by atoms with Crippen molar-refractivity contribution in [2.45, 2.75) is 6.92 Å². The van der Waals surface area contributed by atoms with E-state index in [9.17, 15) is 0 Å². The van der Waals surface area contributed by atoms with Crippen LogP contribution in [0.1, 0.15) is 5.56 Å². The van der Waals surface area contributed by atoms with Crippen LogP contribution in [0.3, 0.4) is 0 Å². The van der Waals surface area contributed by atoms with Crippen molar-refractivity contribution in [1.82, 2.24) is 19.5 Å². The molecule has 0 aliphatic carbocycles. The third kappa shape index (κ3) is 4.25. The van der Waals surface area contributed by atoms with Gasteiger partial charge in [-0.15, -0.1) is 11.3 Å². The number of imidazole rings is 1. The summed E-state index contributed by atoms with van der Waals surface area (Å²) in [5.74, 6) is 1.41. The molecular weight excluding hydrogens is 430 g/mol. The maximum atomic E-state index is 5.28. The quantitative estimate of drug-likeness (QED) is 0.315. The average Bonchev–Trinajstić information content (AvgIpc) is 3.44. The minimum Gasteiger partial charge on any atom is -0.383 e. The number of aryl methyl sites for hydroxylation is 2. The van der Waals surface area contributed by atoms with Gasteiger partial charge in [-0.3, -0.25) is 0 Å². The van der Waals surface area contributed by atoms with E-state index in [1.54, 1.807) is 24.8 Å². The lowest BCUT2D eigenvalue weighted by Gasteiger charge is -2.11. The van der Waals surface area contributed by atoms with E-state index in [0.29, 0.717) is 19.0 Å². The Morgan fingerprint density at radius 1 is 1.00 bits per heavy atom. The highest BCUT2D eigenvalue weighted by atomic mass is 32.1. The van der Waals surface area contributed by atoms with Crippen LogP contribution in [0.2, 0.25) is 0 Å². The maximum absolute atomic E-state index is 5.28. The van der Waals surface area contributed by atoms with E-state index in [2.05, 4.69) is 65.8 Å². The Bertz CT molecular complexity index is 1390. The molecular formula is C26H25N5OS. The van der Waals surface area contributed by atoms with Gasteiger partial charge in [0.15, 0.2) is 5.82 Å². The Kier molecular flexibility index (Phi) is 5.90. The molecule has 0 saturated carbocycles. The summed E-state index contributed by atoms with van der Waals surface area (Å²) in [6, 6.07) is 19.1.